The number of halogens is 1. The summed E-state index contributed by atoms with van der Waals surface area (Å²) in [6.45, 7) is 2.42. The van der Waals surface area contributed by atoms with E-state index in [4.69, 9.17) is 0 Å². The number of hydrogen-bond donors (Lipinski definition) is 1. The van der Waals surface area contributed by atoms with Crippen molar-refractivity contribution in [3.05, 3.63) is 29.6 Å². The Morgan fingerprint density at radius 2 is 2.05 bits per heavy atom. The minimum Gasteiger partial charge on any atom is -0.389 e. The summed E-state index contributed by atoms with van der Waals surface area (Å²) in [4.78, 5) is 1.76. The quantitative estimate of drug-likeness (QED) is 0.895. The van der Waals surface area contributed by atoms with Crippen molar-refractivity contribution in [1.29, 1.82) is 0 Å². The van der Waals surface area contributed by atoms with Crippen LogP contribution in [0.2, 0.25) is 0 Å². The van der Waals surface area contributed by atoms with Crippen LogP contribution in [-0.4, -0.2) is 38.1 Å². The number of hydrogen-bond acceptors (Lipinski definition) is 4. The first-order valence-corrected chi connectivity index (χ1v) is 8.14. The highest BCUT2D eigenvalue weighted by Gasteiger charge is 2.21. The van der Waals surface area contributed by atoms with E-state index in [0.29, 0.717) is 30.8 Å². The maximum Gasteiger partial charge on any atom is 0.152 e. The first-order valence-electron chi connectivity index (χ1n) is 6.32. The van der Waals surface area contributed by atoms with Crippen molar-refractivity contribution < 1.29 is 17.9 Å². The van der Waals surface area contributed by atoms with Crippen LogP contribution in [0.15, 0.2) is 18.2 Å². The van der Waals surface area contributed by atoms with Gasteiger partial charge < -0.3 is 10.0 Å². The fourth-order valence-electron chi connectivity index (χ4n) is 2.22. The van der Waals surface area contributed by atoms with Gasteiger partial charge in [0.1, 0.15) is 5.82 Å². The second-order valence-corrected chi connectivity index (χ2v) is 7.18. The predicted molar refractivity (Wildman–Crippen MR) is 72.5 cm³/mol. The van der Waals surface area contributed by atoms with Gasteiger partial charge in [-0.1, -0.05) is 6.07 Å². The third-order valence-electron chi connectivity index (χ3n) is 3.35. The molecule has 1 saturated heterocycles. The molecule has 0 saturated carbocycles. The van der Waals surface area contributed by atoms with Gasteiger partial charge in [-0.05, 0) is 31.0 Å². The molecule has 1 aliphatic heterocycles. The number of aliphatic hydroxyl groups is 1. The fraction of sp³-hybridized carbons (Fsp3) is 0.538. The Morgan fingerprint density at radius 3 is 2.68 bits per heavy atom. The van der Waals surface area contributed by atoms with Gasteiger partial charge in [-0.15, -0.1) is 0 Å². The maximum absolute atomic E-state index is 14.0. The second-order valence-electron chi connectivity index (χ2n) is 4.88. The molecule has 0 aromatic heterocycles. The van der Waals surface area contributed by atoms with Gasteiger partial charge in [-0.2, -0.15) is 0 Å². The molecular formula is C13H18FNO3S. The van der Waals surface area contributed by atoms with E-state index in [2.05, 4.69) is 0 Å². The Balaban J connectivity index is 2.22. The van der Waals surface area contributed by atoms with Crippen LogP contribution in [0.5, 0.6) is 0 Å². The molecule has 2 rings (SSSR count). The molecular weight excluding hydrogens is 269 g/mol. The maximum atomic E-state index is 14.0. The van der Waals surface area contributed by atoms with E-state index in [-0.39, 0.29) is 11.5 Å². The number of anilines is 1. The molecule has 6 heteroatoms. The zero-order chi connectivity index (χ0) is 14.0. The van der Waals surface area contributed by atoms with Gasteiger partial charge in [0.2, 0.25) is 0 Å². The molecule has 1 aliphatic rings. The van der Waals surface area contributed by atoms with Crippen molar-refractivity contribution >= 4 is 15.5 Å². The summed E-state index contributed by atoms with van der Waals surface area (Å²) in [7, 11) is -3.00. The number of benzene rings is 1. The molecule has 1 fully saturated rings. The molecule has 1 unspecified atom stereocenters. The lowest BCUT2D eigenvalue weighted by Crippen LogP contribution is -2.27. The van der Waals surface area contributed by atoms with Crippen molar-refractivity contribution in [3.8, 4) is 0 Å². The molecule has 0 amide bonds. The average Bonchev–Trinajstić information content (AvgIpc) is 2.50. The molecule has 1 aromatic rings. The summed E-state index contributed by atoms with van der Waals surface area (Å²) in [6.07, 6.45) is -0.201. The van der Waals surface area contributed by atoms with Crippen LogP contribution in [0.25, 0.3) is 0 Å². The van der Waals surface area contributed by atoms with E-state index in [9.17, 15) is 17.9 Å². The van der Waals surface area contributed by atoms with Crippen LogP contribution in [0, 0.1) is 5.82 Å². The van der Waals surface area contributed by atoms with Gasteiger partial charge >= 0.3 is 0 Å². The Hall–Kier alpha value is -1.14. The Bertz CT molecular complexity index is 557. The summed E-state index contributed by atoms with van der Waals surface area (Å²) < 4.78 is 37.1. The van der Waals surface area contributed by atoms with Crippen LogP contribution in [0.4, 0.5) is 10.1 Å². The van der Waals surface area contributed by atoms with Gasteiger partial charge in [-0.3, -0.25) is 0 Å². The zero-order valence-corrected chi connectivity index (χ0v) is 11.7. The molecule has 19 heavy (non-hydrogen) atoms. The molecule has 1 aromatic carbocycles. The Kier molecular flexibility index (Phi) is 4.10. The van der Waals surface area contributed by atoms with Crippen molar-refractivity contribution in [1.82, 2.24) is 0 Å². The lowest BCUT2D eigenvalue weighted by atomic mass is 10.1. The smallest absolute Gasteiger partial charge is 0.152 e. The normalized spacial score (nSPS) is 20.9. The number of nitrogens with zero attached hydrogens (tertiary/aromatic N) is 1. The van der Waals surface area contributed by atoms with Crippen LogP contribution in [0.1, 0.15) is 25.0 Å². The van der Waals surface area contributed by atoms with E-state index in [1.165, 1.54) is 6.07 Å². The van der Waals surface area contributed by atoms with E-state index >= 15 is 0 Å². The average molecular weight is 287 g/mol. The van der Waals surface area contributed by atoms with Gasteiger partial charge in [0.15, 0.2) is 9.84 Å². The Labute approximate surface area is 112 Å². The molecule has 1 heterocycles. The highest BCUT2D eigenvalue weighted by atomic mass is 32.2. The molecule has 1 atom stereocenters. The van der Waals surface area contributed by atoms with Crippen molar-refractivity contribution in [3.63, 3.8) is 0 Å². The molecule has 0 radical (unpaired) electrons. The summed E-state index contributed by atoms with van der Waals surface area (Å²) in [5.41, 5.74) is 0.921. The molecule has 0 spiro atoms. The minimum atomic E-state index is -3.00. The molecule has 0 bridgehead atoms. The summed E-state index contributed by atoms with van der Waals surface area (Å²) in [5.74, 6) is -0.195. The van der Waals surface area contributed by atoms with Crippen LogP contribution >= 0.6 is 0 Å². The van der Waals surface area contributed by atoms with E-state index in [1.807, 2.05) is 0 Å². The third-order valence-corrected chi connectivity index (χ3v) is 5.07. The summed E-state index contributed by atoms with van der Waals surface area (Å²) in [5, 5.41) is 9.40. The van der Waals surface area contributed by atoms with Crippen LogP contribution < -0.4 is 4.90 Å². The highest BCUT2D eigenvalue weighted by Crippen LogP contribution is 2.24. The van der Waals surface area contributed by atoms with Crippen LogP contribution in [-0.2, 0) is 9.84 Å². The highest BCUT2D eigenvalue weighted by molar-refractivity contribution is 7.91. The van der Waals surface area contributed by atoms with Crippen molar-refractivity contribution in [2.45, 2.75) is 19.4 Å². The standard InChI is InChI=1S/C13H18FNO3S/c1-10(16)11-3-4-13(12(14)9-11)15-5-2-7-19(17,18)8-6-15/h3-4,9-10,16H,2,5-8H2,1H3. The van der Waals surface area contributed by atoms with E-state index in [0.717, 1.165) is 0 Å². The molecule has 0 aliphatic carbocycles. The lowest BCUT2D eigenvalue weighted by molar-refractivity contribution is 0.199. The van der Waals surface area contributed by atoms with Gasteiger partial charge in [0.25, 0.3) is 0 Å². The number of aliphatic hydroxyl groups excluding tert-OH is 1. The molecule has 106 valence electrons. The number of rotatable bonds is 2. The zero-order valence-electron chi connectivity index (χ0n) is 10.8. The largest absolute Gasteiger partial charge is 0.389 e. The topological polar surface area (TPSA) is 57.6 Å². The van der Waals surface area contributed by atoms with Crippen LogP contribution in [0.3, 0.4) is 0 Å². The summed E-state index contributed by atoms with van der Waals surface area (Å²) in [6, 6.07) is 4.58. The second kappa shape index (κ2) is 5.46. The van der Waals surface area contributed by atoms with E-state index < -0.39 is 21.8 Å². The third kappa shape index (κ3) is 3.45. The van der Waals surface area contributed by atoms with E-state index in [1.54, 1.807) is 24.0 Å². The molecule has 4 nitrogen and oxygen atoms in total. The summed E-state index contributed by atoms with van der Waals surface area (Å²) >= 11 is 0. The minimum absolute atomic E-state index is 0.0601. The Morgan fingerprint density at radius 1 is 1.32 bits per heavy atom. The van der Waals surface area contributed by atoms with Gasteiger partial charge in [0.05, 0.1) is 23.3 Å². The molecule has 1 N–H and O–H groups in total. The first-order chi connectivity index (χ1) is 8.89. The number of sulfone groups is 1. The van der Waals surface area contributed by atoms with Crippen molar-refractivity contribution in [2.24, 2.45) is 0 Å². The van der Waals surface area contributed by atoms with Gasteiger partial charge in [-0.25, -0.2) is 12.8 Å². The van der Waals surface area contributed by atoms with Gasteiger partial charge in [0, 0.05) is 13.1 Å². The van der Waals surface area contributed by atoms with Crippen molar-refractivity contribution in [2.75, 3.05) is 29.5 Å². The SMILES string of the molecule is CC(O)c1ccc(N2CCCS(=O)(=O)CC2)c(F)c1. The first kappa shape index (κ1) is 14.3. The fourth-order valence-corrected chi connectivity index (χ4v) is 3.49. The lowest BCUT2D eigenvalue weighted by Gasteiger charge is -2.23. The predicted octanol–water partition coefficient (Wildman–Crippen LogP) is 1.50. The monoisotopic (exact) mass is 287 g/mol.